The summed E-state index contributed by atoms with van der Waals surface area (Å²) in [6, 6.07) is 4.43. The van der Waals surface area contributed by atoms with Crippen LogP contribution < -0.4 is 4.74 Å². The third kappa shape index (κ3) is 7.51. The number of aliphatic hydroxyl groups is 1. The van der Waals surface area contributed by atoms with Crippen LogP contribution >= 0.6 is 0 Å². The van der Waals surface area contributed by atoms with Crippen molar-refractivity contribution in [2.45, 2.75) is 71.7 Å². The van der Waals surface area contributed by atoms with Crippen molar-refractivity contribution < 1.29 is 43.2 Å². The van der Waals surface area contributed by atoms with Gasteiger partial charge in [0, 0.05) is 37.6 Å². The summed E-state index contributed by atoms with van der Waals surface area (Å²) in [5, 5.41) is 12.9. The Bertz CT molecular complexity index is 1010. The number of nitrogens with zero attached hydrogens (tertiary/aromatic N) is 3. The lowest BCUT2D eigenvalue weighted by molar-refractivity contribution is -0.261. The molecule has 35 heavy (non-hydrogen) atoms. The van der Waals surface area contributed by atoms with Gasteiger partial charge in [-0.2, -0.15) is 0 Å². The number of carbonyl (C=O) groups is 4. The predicted molar refractivity (Wildman–Crippen MR) is 120 cm³/mol. The van der Waals surface area contributed by atoms with Gasteiger partial charge < -0.3 is 24.1 Å². The minimum absolute atomic E-state index is 0.0341. The van der Waals surface area contributed by atoms with E-state index in [-0.39, 0.29) is 42.5 Å². The Balaban J connectivity index is 2.44. The van der Waals surface area contributed by atoms with Gasteiger partial charge in [0.05, 0.1) is 12.2 Å². The smallest absolute Gasteiger partial charge is 0.303 e. The van der Waals surface area contributed by atoms with Crippen molar-refractivity contribution in [3.63, 3.8) is 0 Å². The Kier molecular flexibility index (Phi) is 10.2. The third-order valence-electron chi connectivity index (χ3n) is 5.37. The molecular formula is C23H29N3O9. The molecule has 1 saturated heterocycles. The van der Waals surface area contributed by atoms with E-state index in [1.165, 1.54) is 39.0 Å². The summed E-state index contributed by atoms with van der Waals surface area (Å²) >= 11 is 0. The van der Waals surface area contributed by atoms with E-state index in [0.29, 0.717) is 12.0 Å². The van der Waals surface area contributed by atoms with Gasteiger partial charge in [0.1, 0.15) is 11.9 Å². The minimum Gasteiger partial charge on any atom is -0.460 e. The van der Waals surface area contributed by atoms with Gasteiger partial charge in [-0.15, -0.1) is 0 Å². The maximum atomic E-state index is 12.9. The normalized spacial score (nSPS) is 23.5. The molecule has 0 aromatic heterocycles. The first-order valence-corrected chi connectivity index (χ1v) is 11.0. The second kappa shape index (κ2) is 12.8. The zero-order chi connectivity index (χ0) is 26.1. The van der Waals surface area contributed by atoms with Crippen LogP contribution in [0.2, 0.25) is 0 Å². The van der Waals surface area contributed by atoms with E-state index in [2.05, 4.69) is 10.0 Å². The van der Waals surface area contributed by atoms with Crippen LogP contribution in [0, 0.1) is 5.92 Å². The highest BCUT2D eigenvalue weighted by Crippen LogP contribution is 2.34. The molecule has 0 radical (unpaired) electrons. The fourth-order valence-corrected chi connectivity index (χ4v) is 3.82. The molecule has 5 atom stereocenters. The lowest BCUT2D eigenvalue weighted by Crippen LogP contribution is -2.59. The van der Waals surface area contributed by atoms with Gasteiger partial charge >= 0.3 is 11.9 Å². The van der Waals surface area contributed by atoms with Crippen molar-refractivity contribution in [3.8, 4) is 5.75 Å². The van der Waals surface area contributed by atoms with Crippen molar-refractivity contribution in [3.05, 3.63) is 39.8 Å². The quantitative estimate of drug-likeness (QED) is 0.122. The minimum atomic E-state index is -1.39. The standard InChI is InChI=1S/C23H29N3O9/c1-12-20(13(2)28)35-23(22(33-15(4)30)21(12)32-14(3)29)34-19-8-7-16(11-27)10-17(19)18(31)6-5-9-25-26-24/h7-8,10,12,20-23,27H,5-6,9,11H2,1-4H3/t12-,20+,21+,22-,23-/m1/s1. The molecule has 12 nitrogen and oxygen atoms in total. The van der Waals surface area contributed by atoms with Crippen molar-refractivity contribution in [2.75, 3.05) is 6.54 Å². The predicted octanol–water partition coefficient (Wildman–Crippen LogP) is 2.64. The molecule has 0 unspecified atom stereocenters. The molecule has 190 valence electrons. The first kappa shape index (κ1) is 27.8. The van der Waals surface area contributed by atoms with E-state index in [9.17, 15) is 24.3 Å². The van der Waals surface area contributed by atoms with Gasteiger partial charge in [0.2, 0.25) is 12.4 Å². The number of ether oxygens (including phenoxy) is 4. The Morgan fingerprint density at radius 3 is 2.34 bits per heavy atom. The van der Waals surface area contributed by atoms with Gasteiger partial charge in [-0.3, -0.25) is 19.2 Å². The van der Waals surface area contributed by atoms with Crippen molar-refractivity contribution in [1.29, 1.82) is 0 Å². The maximum absolute atomic E-state index is 12.9. The fourth-order valence-electron chi connectivity index (χ4n) is 3.82. The van der Waals surface area contributed by atoms with Crippen LogP contribution in [0.25, 0.3) is 10.4 Å². The van der Waals surface area contributed by atoms with E-state index in [0.717, 1.165) is 0 Å². The second-order valence-electron chi connectivity index (χ2n) is 8.13. The second-order valence-corrected chi connectivity index (χ2v) is 8.13. The van der Waals surface area contributed by atoms with Crippen LogP contribution in [0.15, 0.2) is 23.3 Å². The van der Waals surface area contributed by atoms with Crippen LogP contribution in [0.3, 0.4) is 0 Å². The largest absolute Gasteiger partial charge is 0.460 e. The summed E-state index contributed by atoms with van der Waals surface area (Å²) in [4.78, 5) is 51.4. The Hall–Kier alpha value is -3.47. The summed E-state index contributed by atoms with van der Waals surface area (Å²) in [6.07, 6.45) is -4.37. The molecule has 1 heterocycles. The number of benzene rings is 1. The number of hydrogen-bond donors (Lipinski definition) is 1. The number of azide groups is 1. The summed E-state index contributed by atoms with van der Waals surface area (Å²) in [5.74, 6) is -2.64. The van der Waals surface area contributed by atoms with Crippen molar-refractivity contribution >= 4 is 23.5 Å². The van der Waals surface area contributed by atoms with Crippen LogP contribution in [-0.4, -0.2) is 59.8 Å². The fraction of sp³-hybridized carbons (Fsp3) is 0.565. The van der Waals surface area contributed by atoms with Crippen LogP contribution in [0.4, 0.5) is 0 Å². The number of Topliss-reactive ketones (excluding diaryl/α,β-unsaturated/α-hetero) is 2. The molecule has 2 rings (SSSR count). The van der Waals surface area contributed by atoms with Crippen LogP contribution in [0.1, 0.15) is 56.5 Å². The average Bonchev–Trinajstić information content (AvgIpc) is 2.80. The first-order valence-electron chi connectivity index (χ1n) is 11.0. The number of hydrogen-bond acceptors (Lipinski definition) is 10. The summed E-state index contributed by atoms with van der Waals surface area (Å²) in [6.45, 7) is 5.09. The molecule has 12 heteroatoms. The van der Waals surface area contributed by atoms with E-state index in [4.69, 9.17) is 24.5 Å². The van der Waals surface area contributed by atoms with E-state index in [1.807, 2.05) is 0 Å². The molecule has 1 aliphatic rings. The molecule has 0 bridgehead atoms. The number of rotatable bonds is 11. The summed E-state index contributed by atoms with van der Waals surface area (Å²) in [5.41, 5.74) is 8.97. The Morgan fingerprint density at radius 1 is 1.11 bits per heavy atom. The SMILES string of the molecule is CC(=O)O[C@H]1[C@H](Oc2ccc(CO)cc2C(=O)CCCN=[N+]=[N-])O[C@H](C(C)=O)[C@@H](C)[C@@H]1OC(C)=O. The number of aliphatic hydroxyl groups excluding tert-OH is 1. The molecule has 1 N–H and O–H groups in total. The van der Waals surface area contributed by atoms with Crippen LogP contribution in [-0.2, 0) is 35.2 Å². The monoisotopic (exact) mass is 491 g/mol. The maximum Gasteiger partial charge on any atom is 0.303 e. The Morgan fingerprint density at radius 2 is 1.77 bits per heavy atom. The van der Waals surface area contributed by atoms with Crippen molar-refractivity contribution in [1.82, 2.24) is 0 Å². The summed E-state index contributed by atoms with van der Waals surface area (Å²) in [7, 11) is 0. The van der Waals surface area contributed by atoms with Gasteiger partial charge in [-0.25, -0.2) is 0 Å². The van der Waals surface area contributed by atoms with Crippen molar-refractivity contribution in [2.24, 2.45) is 11.0 Å². The number of carbonyl (C=O) groups excluding carboxylic acids is 4. The molecule has 1 aliphatic heterocycles. The molecule has 1 aromatic rings. The van der Waals surface area contributed by atoms with Gasteiger partial charge in [-0.1, -0.05) is 18.1 Å². The molecule has 0 spiro atoms. The third-order valence-corrected chi connectivity index (χ3v) is 5.37. The highest BCUT2D eigenvalue weighted by molar-refractivity contribution is 5.98. The lowest BCUT2D eigenvalue weighted by Gasteiger charge is -2.43. The van der Waals surface area contributed by atoms with Gasteiger partial charge in [0.15, 0.2) is 17.7 Å². The average molecular weight is 491 g/mol. The van der Waals surface area contributed by atoms with E-state index >= 15 is 0 Å². The van der Waals surface area contributed by atoms with Gasteiger partial charge in [0.25, 0.3) is 0 Å². The highest BCUT2D eigenvalue weighted by Gasteiger charge is 2.50. The lowest BCUT2D eigenvalue weighted by atomic mass is 9.88. The molecule has 0 amide bonds. The van der Waals surface area contributed by atoms with Gasteiger partial charge in [-0.05, 0) is 36.6 Å². The molecule has 1 aromatic carbocycles. The Labute approximate surface area is 202 Å². The van der Waals surface area contributed by atoms with E-state index < -0.39 is 42.5 Å². The van der Waals surface area contributed by atoms with E-state index in [1.54, 1.807) is 6.92 Å². The highest BCUT2D eigenvalue weighted by atomic mass is 16.7. The molecule has 0 saturated carbocycles. The number of ketones is 2. The summed E-state index contributed by atoms with van der Waals surface area (Å²) < 4.78 is 22.6. The molecular weight excluding hydrogens is 462 g/mol. The topological polar surface area (TPSA) is 174 Å². The first-order chi connectivity index (χ1) is 16.6. The van der Waals surface area contributed by atoms with Crippen LogP contribution in [0.5, 0.6) is 5.75 Å². The molecule has 1 fully saturated rings. The molecule has 0 aliphatic carbocycles. The zero-order valence-corrected chi connectivity index (χ0v) is 20.0. The number of esters is 2. The zero-order valence-electron chi connectivity index (χ0n) is 20.0.